The molecule has 1 aromatic heterocycles. The number of aromatic nitrogens is 2. The summed E-state index contributed by atoms with van der Waals surface area (Å²) in [7, 11) is 0. The van der Waals surface area contributed by atoms with Gasteiger partial charge < -0.3 is 29.4 Å². The van der Waals surface area contributed by atoms with E-state index in [-0.39, 0.29) is 17.6 Å². The number of ether oxygens (including phenoxy) is 2. The van der Waals surface area contributed by atoms with Crippen LogP contribution in [0.2, 0.25) is 0 Å². The number of carbonyl (C=O) groups is 2. The number of benzene rings is 2. The van der Waals surface area contributed by atoms with Gasteiger partial charge in [0.15, 0.2) is 0 Å². The number of nitrogens with one attached hydrogen (secondary N) is 1. The average molecular weight is 485 g/mol. The lowest BCUT2D eigenvalue weighted by molar-refractivity contribution is 0.0499. The quantitative estimate of drug-likeness (QED) is 0.397. The first-order valence-corrected chi connectivity index (χ1v) is 11.5. The number of rotatable bonds is 5. The average Bonchev–Trinajstić information content (AvgIpc) is 3.11. The predicted molar refractivity (Wildman–Crippen MR) is 128 cm³/mol. The van der Waals surface area contributed by atoms with Gasteiger partial charge in [-0.3, -0.25) is 0 Å². The monoisotopic (exact) mass is 484 g/mol. The number of carbonyl (C=O) groups excluding carboxylic acids is 1. The zero-order valence-corrected chi connectivity index (χ0v) is 20.0. The molecule has 1 aliphatic rings. The molecule has 1 fully saturated rings. The van der Waals surface area contributed by atoms with Gasteiger partial charge in [0.25, 0.3) is 0 Å². The zero-order valence-electron chi connectivity index (χ0n) is 20.0. The number of alkyl carbamates (subject to hydrolysis) is 1. The molecule has 2 heterocycles. The Kier molecular flexibility index (Phi) is 6.81. The van der Waals surface area contributed by atoms with Crippen LogP contribution in [-0.4, -0.2) is 51.6 Å². The van der Waals surface area contributed by atoms with Crippen LogP contribution in [0.5, 0.6) is 5.75 Å². The standard InChI is InChI=1S/C25H29FN4O5/c1-25(2,3)35-23(31)27-18-5-4-12-29(15-18)22-28-20-11-10-19(34-24(32)33)13-21(20)30(22)14-16-6-8-17(26)9-7-16/h6-11,13,18H,4-5,12,14-15H2,1-3H3,(H,27,31)(H,32,33)/t18-/m1/s1. The van der Waals surface area contributed by atoms with Gasteiger partial charge in [0.2, 0.25) is 5.95 Å². The highest BCUT2D eigenvalue weighted by Gasteiger charge is 2.27. The fraction of sp³-hybridized carbons (Fsp3) is 0.400. The SMILES string of the molecule is CC(C)(C)OC(=O)N[C@@H]1CCCN(c2nc3ccc(OC(=O)O)cc3n2Cc2ccc(F)cc2)C1. The first-order valence-electron chi connectivity index (χ1n) is 11.5. The number of hydrogen-bond acceptors (Lipinski definition) is 6. The maximum Gasteiger partial charge on any atom is 0.511 e. The highest BCUT2D eigenvalue weighted by molar-refractivity contribution is 5.81. The number of nitrogens with zero attached hydrogens (tertiary/aromatic N) is 3. The summed E-state index contributed by atoms with van der Waals surface area (Å²) in [6, 6.07) is 11.0. The van der Waals surface area contributed by atoms with Gasteiger partial charge in [0, 0.05) is 25.2 Å². The summed E-state index contributed by atoms with van der Waals surface area (Å²) in [5, 5.41) is 12.0. The van der Waals surface area contributed by atoms with Crippen molar-refractivity contribution in [2.24, 2.45) is 0 Å². The normalized spacial score (nSPS) is 16.2. The summed E-state index contributed by atoms with van der Waals surface area (Å²) in [6.45, 7) is 7.12. The van der Waals surface area contributed by atoms with Crippen molar-refractivity contribution in [2.45, 2.75) is 51.8 Å². The molecule has 0 bridgehead atoms. The fourth-order valence-electron chi connectivity index (χ4n) is 4.17. The minimum Gasteiger partial charge on any atom is -0.449 e. The molecular formula is C25H29FN4O5. The van der Waals surface area contributed by atoms with Crippen molar-refractivity contribution in [3.8, 4) is 5.75 Å². The Hall–Kier alpha value is -3.82. The van der Waals surface area contributed by atoms with Crippen LogP contribution in [0.25, 0.3) is 11.0 Å². The molecule has 186 valence electrons. The Balaban J connectivity index is 1.65. The molecule has 0 saturated carbocycles. The molecule has 2 N–H and O–H groups in total. The molecule has 10 heteroatoms. The van der Waals surface area contributed by atoms with E-state index in [1.54, 1.807) is 30.3 Å². The Morgan fingerprint density at radius 1 is 1.20 bits per heavy atom. The Morgan fingerprint density at radius 2 is 1.94 bits per heavy atom. The van der Waals surface area contributed by atoms with Crippen LogP contribution < -0.4 is 15.0 Å². The van der Waals surface area contributed by atoms with E-state index in [0.29, 0.717) is 30.1 Å². The Bertz CT molecular complexity index is 1220. The Morgan fingerprint density at radius 3 is 2.63 bits per heavy atom. The fourth-order valence-corrected chi connectivity index (χ4v) is 4.17. The van der Waals surface area contributed by atoms with Gasteiger partial charge in [-0.1, -0.05) is 12.1 Å². The topological polar surface area (TPSA) is 106 Å². The van der Waals surface area contributed by atoms with Gasteiger partial charge in [-0.15, -0.1) is 0 Å². The lowest BCUT2D eigenvalue weighted by Crippen LogP contribution is -2.49. The van der Waals surface area contributed by atoms with Gasteiger partial charge in [0.05, 0.1) is 17.6 Å². The minimum atomic E-state index is -1.40. The maximum atomic E-state index is 13.5. The molecule has 1 atom stereocenters. The van der Waals surface area contributed by atoms with Crippen LogP contribution >= 0.6 is 0 Å². The molecule has 1 amide bonds. The second-order valence-corrected chi connectivity index (χ2v) is 9.57. The van der Waals surface area contributed by atoms with Gasteiger partial charge >= 0.3 is 12.2 Å². The number of amides is 1. The lowest BCUT2D eigenvalue weighted by Gasteiger charge is -2.34. The molecule has 0 spiro atoms. The molecule has 35 heavy (non-hydrogen) atoms. The summed E-state index contributed by atoms with van der Waals surface area (Å²) < 4.78 is 25.7. The van der Waals surface area contributed by atoms with E-state index in [4.69, 9.17) is 19.6 Å². The number of halogens is 1. The zero-order chi connectivity index (χ0) is 25.2. The number of carboxylic acid groups (broad SMARTS) is 1. The smallest absolute Gasteiger partial charge is 0.449 e. The van der Waals surface area contributed by atoms with Crippen LogP contribution in [0.4, 0.5) is 19.9 Å². The molecule has 4 rings (SSSR count). The van der Waals surface area contributed by atoms with E-state index in [0.717, 1.165) is 24.9 Å². The molecule has 2 aromatic carbocycles. The molecule has 0 radical (unpaired) electrons. The number of anilines is 1. The van der Waals surface area contributed by atoms with Crippen molar-refractivity contribution in [3.63, 3.8) is 0 Å². The molecular weight excluding hydrogens is 455 g/mol. The van der Waals surface area contributed by atoms with Crippen LogP contribution in [0.15, 0.2) is 42.5 Å². The first kappa shape index (κ1) is 24.3. The van der Waals surface area contributed by atoms with Crippen molar-refractivity contribution in [1.82, 2.24) is 14.9 Å². The van der Waals surface area contributed by atoms with E-state index in [1.165, 1.54) is 12.1 Å². The number of imidazole rings is 1. The van der Waals surface area contributed by atoms with Gasteiger partial charge in [0.1, 0.15) is 17.2 Å². The molecule has 1 aliphatic heterocycles. The van der Waals surface area contributed by atoms with Crippen molar-refractivity contribution >= 4 is 29.2 Å². The van der Waals surface area contributed by atoms with E-state index in [9.17, 15) is 14.0 Å². The van der Waals surface area contributed by atoms with Crippen molar-refractivity contribution in [2.75, 3.05) is 18.0 Å². The third-order valence-electron chi connectivity index (χ3n) is 5.58. The van der Waals surface area contributed by atoms with Crippen molar-refractivity contribution in [1.29, 1.82) is 0 Å². The van der Waals surface area contributed by atoms with Gasteiger partial charge in [-0.2, -0.15) is 0 Å². The Labute approximate surface area is 202 Å². The predicted octanol–water partition coefficient (Wildman–Crippen LogP) is 4.77. The molecule has 3 aromatic rings. The van der Waals surface area contributed by atoms with E-state index < -0.39 is 17.8 Å². The number of fused-ring (bicyclic) bond motifs is 1. The molecule has 1 saturated heterocycles. The van der Waals surface area contributed by atoms with Crippen LogP contribution in [0, 0.1) is 5.82 Å². The highest BCUT2D eigenvalue weighted by atomic mass is 19.1. The molecule has 9 nitrogen and oxygen atoms in total. The van der Waals surface area contributed by atoms with Gasteiger partial charge in [-0.05, 0) is 63.4 Å². The van der Waals surface area contributed by atoms with Crippen molar-refractivity contribution in [3.05, 3.63) is 53.8 Å². The minimum absolute atomic E-state index is 0.122. The van der Waals surface area contributed by atoms with E-state index in [1.807, 2.05) is 25.3 Å². The van der Waals surface area contributed by atoms with Crippen LogP contribution in [0.3, 0.4) is 0 Å². The van der Waals surface area contributed by atoms with E-state index in [2.05, 4.69) is 10.2 Å². The second kappa shape index (κ2) is 9.81. The number of piperidine rings is 1. The summed E-state index contributed by atoms with van der Waals surface area (Å²) in [5.41, 5.74) is 1.63. The third-order valence-corrected chi connectivity index (χ3v) is 5.58. The lowest BCUT2D eigenvalue weighted by atomic mass is 10.1. The summed E-state index contributed by atoms with van der Waals surface area (Å²) in [4.78, 5) is 30.3. The number of hydrogen-bond donors (Lipinski definition) is 2. The highest BCUT2D eigenvalue weighted by Crippen LogP contribution is 2.29. The van der Waals surface area contributed by atoms with Crippen LogP contribution in [-0.2, 0) is 11.3 Å². The molecule has 0 unspecified atom stereocenters. The first-order chi connectivity index (χ1) is 16.6. The summed E-state index contributed by atoms with van der Waals surface area (Å²) in [5.74, 6) is 0.529. The van der Waals surface area contributed by atoms with Crippen LogP contribution in [0.1, 0.15) is 39.2 Å². The third kappa shape index (κ3) is 6.20. The molecule has 0 aliphatic carbocycles. The summed E-state index contributed by atoms with van der Waals surface area (Å²) >= 11 is 0. The van der Waals surface area contributed by atoms with Gasteiger partial charge in [-0.25, -0.2) is 19.0 Å². The van der Waals surface area contributed by atoms with E-state index >= 15 is 0 Å². The summed E-state index contributed by atoms with van der Waals surface area (Å²) in [6.07, 6.45) is -0.209. The van der Waals surface area contributed by atoms with Crippen molar-refractivity contribution < 1.29 is 28.6 Å². The largest absolute Gasteiger partial charge is 0.511 e. The maximum absolute atomic E-state index is 13.5. The second-order valence-electron chi connectivity index (χ2n) is 9.57.